The first kappa shape index (κ1) is 19.5. The monoisotopic (exact) mass is 410 g/mol. The largest absolute Gasteiger partial charge is 0.353 e. The molecule has 2 amide bonds. The number of nitrogens with one attached hydrogen (secondary N) is 2. The van der Waals surface area contributed by atoms with Gasteiger partial charge in [0, 0.05) is 36.1 Å². The Morgan fingerprint density at radius 2 is 1.90 bits per heavy atom. The molecule has 1 aromatic heterocycles. The van der Waals surface area contributed by atoms with Crippen LogP contribution < -0.4 is 5.32 Å². The van der Waals surface area contributed by atoms with E-state index in [-0.39, 0.29) is 17.9 Å². The van der Waals surface area contributed by atoms with Crippen molar-refractivity contribution >= 4 is 34.4 Å². The minimum Gasteiger partial charge on any atom is -0.353 e. The summed E-state index contributed by atoms with van der Waals surface area (Å²) in [5, 5.41) is 3.80. The minimum absolute atomic E-state index is 0.0222. The number of aryl methyl sites for hydroxylation is 1. The number of hydrogen-bond donors (Lipinski definition) is 2. The second-order valence-electron chi connectivity index (χ2n) is 7.39. The van der Waals surface area contributed by atoms with Gasteiger partial charge in [0.25, 0.3) is 5.91 Å². The van der Waals surface area contributed by atoms with Gasteiger partial charge >= 0.3 is 0 Å². The van der Waals surface area contributed by atoms with Crippen LogP contribution in [0.15, 0.2) is 48.8 Å². The SMILES string of the molecule is O=C(CCc1ccc(Cl)cc1)NC1CCN(C(=O)c2ccc3nc[nH]c3c2)CC1. The van der Waals surface area contributed by atoms with Crippen LogP contribution in [0.2, 0.25) is 5.02 Å². The highest BCUT2D eigenvalue weighted by Crippen LogP contribution is 2.17. The molecule has 1 saturated heterocycles. The number of fused-ring (bicyclic) bond motifs is 1. The molecule has 0 saturated carbocycles. The van der Waals surface area contributed by atoms with Crippen LogP contribution in [0.3, 0.4) is 0 Å². The summed E-state index contributed by atoms with van der Waals surface area (Å²) in [7, 11) is 0. The minimum atomic E-state index is 0.0222. The van der Waals surface area contributed by atoms with Gasteiger partial charge in [-0.25, -0.2) is 4.98 Å². The maximum atomic E-state index is 12.8. The van der Waals surface area contributed by atoms with Gasteiger partial charge in [0.05, 0.1) is 17.4 Å². The number of imidazole rings is 1. The quantitative estimate of drug-likeness (QED) is 0.675. The van der Waals surface area contributed by atoms with Crippen molar-refractivity contribution in [1.82, 2.24) is 20.2 Å². The van der Waals surface area contributed by atoms with E-state index in [9.17, 15) is 9.59 Å². The highest BCUT2D eigenvalue weighted by Gasteiger charge is 2.24. The molecule has 2 heterocycles. The predicted octanol–water partition coefficient (Wildman–Crippen LogP) is 3.57. The molecule has 1 fully saturated rings. The number of likely N-dealkylation sites (tertiary alicyclic amines) is 1. The van der Waals surface area contributed by atoms with E-state index in [0.717, 1.165) is 29.4 Å². The van der Waals surface area contributed by atoms with Gasteiger partial charge in [-0.2, -0.15) is 0 Å². The Morgan fingerprint density at radius 1 is 1.14 bits per heavy atom. The van der Waals surface area contributed by atoms with Gasteiger partial charge in [-0.3, -0.25) is 9.59 Å². The molecule has 4 rings (SSSR count). The predicted molar refractivity (Wildman–Crippen MR) is 113 cm³/mol. The average Bonchev–Trinajstić information content (AvgIpc) is 3.21. The zero-order valence-electron chi connectivity index (χ0n) is 16.0. The standard InChI is InChI=1S/C22H23ClN4O2/c23-17-5-1-15(2-6-17)3-8-21(28)26-18-9-11-27(12-10-18)22(29)16-4-7-19-20(13-16)25-14-24-19/h1-2,4-7,13-14,18H,3,8-12H2,(H,24,25)(H,26,28). The third kappa shape index (κ3) is 4.77. The van der Waals surface area contributed by atoms with Crippen LogP contribution in [0.5, 0.6) is 0 Å². The maximum absolute atomic E-state index is 12.8. The van der Waals surface area contributed by atoms with Crippen LogP contribution in [0.25, 0.3) is 11.0 Å². The van der Waals surface area contributed by atoms with Crippen molar-refractivity contribution < 1.29 is 9.59 Å². The Hall–Kier alpha value is -2.86. The fraction of sp³-hybridized carbons (Fsp3) is 0.318. The number of aromatic amines is 1. The van der Waals surface area contributed by atoms with E-state index in [1.807, 2.05) is 47.4 Å². The van der Waals surface area contributed by atoms with Crippen LogP contribution in [0, 0.1) is 0 Å². The van der Waals surface area contributed by atoms with Crippen molar-refractivity contribution in [3.63, 3.8) is 0 Å². The third-order valence-corrected chi connectivity index (χ3v) is 5.62. The summed E-state index contributed by atoms with van der Waals surface area (Å²) in [6.07, 6.45) is 4.30. The molecule has 7 heteroatoms. The molecule has 6 nitrogen and oxygen atoms in total. The second kappa shape index (κ2) is 8.66. The highest BCUT2D eigenvalue weighted by molar-refractivity contribution is 6.30. The van der Waals surface area contributed by atoms with Gasteiger partial charge in [0.2, 0.25) is 5.91 Å². The Balaban J connectivity index is 1.24. The number of carbonyl (C=O) groups excluding carboxylic acids is 2. The number of halogens is 1. The fourth-order valence-electron chi connectivity index (χ4n) is 3.69. The number of carbonyl (C=O) groups is 2. The Labute approximate surface area is 174 Å². The summed E-state index contributed by atoms with van der Waals surface area (Å²) in [4.78, 5) is 34.1. The van der Waals surface area contributed by atoms with Crippen molar-refractivity contribution in [1.29, 1.82) is 0 Å². The van der Waals surface area contributed by atoms with E-state index in [4.69, 9.17) is 11.6 Å². The van der Waals surface area contributed by atoms with E-state index in [1.54, 1.807) is 6.33 Å². The van der Waals surface area contributed by atoms with Crippen molar-refractivity contribution in [2.45, 2.75) is 31.7 Å². The lowest BCUT2D eigenvalue weighted by atomic mass is 10.0. The Kier molecular flexibility index (Phi) is 5.81. The second-order valence-corrected chi connectivity index (χ2v) is 7.83. The lowest BCUT2D eigenvalue weighted by Gasteiger charge is -2.32. The van der Waals surface area contributed by atoms with Crippen LogP contribution >= 0.6 is 11.6 Å². The zero-order valence-corrected chi connectivity index (χ0v) is 16.8. The summed E-state index contributed by atoms with van der Waals surface area (Å²) in [6.45, 7) is 1.28. The van der Waals surface area contributed by atoms with Crippen LogP contribution in [0.4, 0.5) is 0 Å². The van der Waals surface area contributed by atoms with Gasteiger partial charge in [-0.15, -0.1) is 0 Å². The summed E-state index contributed by atoms with van der Waals surface area (Å²) in [5.74, 6) is 0.0726. The first-order valence-electron chi connectivity index (χ1n) is 9.85. The van der Waals surface area contributed by atoms with Crippen molar-refractivity contribution in [2.75, 3.05) is 13.1 Å². The molecule has 0 spiro atoms. The zero-order chi connectivity index (χ0) is 20.2. The number of rotatable bonds is 5. The smallest absolute Gasteiger partial charge is 0.253 e. The van der Waals surface area contributed by atoms with Gasteiger partial charge < -0.3 is 15.2 Å². The van der Waals surface area contributed by atoms with Gasteiger partial charge in [0.1, 0.15) is 0 Å². The Morgan fingerprint density at radius 3 is 2.66 bits per heavy atom. The van der Waals surface area contributed by atoms with E-state index >= 15 is 0 Å². The van der Waals surface area contributed by atoms with Crippen LogP contribution in [-0.2, 0) is 11.2 Å². The van der Waals surface area contributed by atoms with Gasteiger partial charge in [0.15, 0.2) is 0 Å². The van der Waals surface area contributed by atoms with Crippen molar-refractivity contribution in [3.8, 4) is 0 Å². The molecule has 29 heavy (non-hydrogen) atoms. The molecule has 1 aliphatic heterocycles. The number of piperidine rings is 1. The molecule has 0 aliphatic carbocycles. The molecular weight excluding hydrogens is 388 g/mol. The summed E-state index contributed by atoms with van der Waals surface area (Å²) >= 11 is 5.89. The van der Waals surface area contributed by atoms with E-state index < -0.39 is 0 Å². The normalized spacial score (nSPS) is 14.9. The first-order valence-corrected chi connectivity index (χ1v) is 10.2. The summed E-state index contributed by atoms with van der Waals surface area (Å²) < 4.78 is 0. The van der Waals surface area contributed by atoms with Gasteiger partial charge in [-0.05, 0) is 55.2 Å². The molecule has 0 bridgehead atoms. The molecule has 0 radical (unpaired) electrons. The number of aromatic nitrogens is 2. The highest BCUT2D eigenvalue weighted by atomic mass is 35.5. The summed E-state index contributed by atoms with van der Waals surface area (Å²) in [5.41, 5.74) is 3.46. The van der Waals surface area contributed by atoms with Crippen molar-refractivity contribution in [3.05, 3.63) is 64.9 Å². The van der Waals surface area contributed by atoms with Crippen molar-refractivity contribution in [2.24, 2.45) is 0 Å². The molecule has 1 aliphatic rings. The van der Waals surface area contributed by atoms with E-state index in [1.165, 1.54) is 0 Å². The molecule has 2 aromatic carbocycles. The molecular formula is C22H23ClN4O2. The maximum Gasteiger partial charge on any atom is 0.253 e. The molecule has 3 aromatic rings. The molecule has 0 atom stereocenters. The van der Waals surface area contributed by atoms with Gasteiger partial charge in [-0.1, -0.05) is 23.7 Å². The third-order valence-electron chi connectivity index (χ3n) is 5.37. The number of amides is 2. The van der Waals surface area contributed by atoms with Crippen LogP contribution in [-0.4, -0.2) is 45.8 Å². The fourth-order valence-corrected chi connectivity index (χ4v) is 3.81. The topological polar surface area (TPSA) is 78.1 Å². The van der Waals surface area contributed by atoms with E-state index in [2.05, 4.69) is 15.3 Å². The number of H-pyrrole nitrogens is 1. The first-order chi connectivity index (χ1) is 14.1. The molecule has 2 N–H and O–H groups in total. The molecule has 150 valence electrons. The lowest BCUT2D eigenvalue weighted by Crippen LogP contribution is -2.46. The van der Waals surface area contributed by atoms with Crippen LogP contribution in [0.1, 0.15) is 35.2 Å². The number of hydrogen-bond acceptors (Lipinski definition) is 3. The number of nitrogens with zero attached hydrogens (tertiary/aromatic N) is 2. The Bertz CT molecular complexity index is 1010. The number of benzene rings is 2. The average molecular weight is 411 g/mol. The molecule has 0 unspecified atom stereocenters. The van der Waals surface area contributed by atoms with E-state index in [0.29, 0.717) is 36.5 Å². The summed E-state index contributed by atoms with van der Waals surface area (Å²) in [6, 6.07) is 13.2. The lowest BCUT2D eigenvalue weighted by molar-refractivity contribution is -0.122.